The Kier molecular flexibility index (Phi) is 6.11. The van der Waals surface area contributed by atoms with Gasteiger partial charge in [0.2, 0.25) is 10.0 Å². The Morgan fingerprint density at radius 2 is 1.86 bits per heavy atom. The Hall–Kier alpha value is -2.62. The molecule has 152 valence electrons. The number of carbonyl (C=O) groups is 1. The quantitative estimate of drug-likeness (QED) is 0.551. The van der Waals surface area contributed by atoms with Crippen LogP contribution in [0.4, 0.5) is 4.39 Å². The fraction of sp³-hybridized carbons (Fsp3) is 0.200. The lowest BCUT2D eigenvalue weighted by Gasteiger charge is -2.13. The topological polar surface area (TPSA) is 76.6 Å². The van der Waals surface area contributed by atoms with Gasteiger partial charge in [-0.1, -0.05) is 6.07 Å². The van der Waals surface area contributed by atoms with E-state index in [1.807, 2.05) is 0 Å². The van der Waals surface area contributed by atoms with Crippen LogP contribution < -0.4 is 0 Å². The summed E-state index contributed by atoms with van der Waals surface area (Å²) in [6, 6.07) is 10.3. The molecule has 0 saturated heterocycles. The molecule has 0 amide bonds. The summed E-state index contributed by atoms with van der Waals surface area (Å²) in [6.07, 6.45) is 0. The minimum absolute atomic E-state index is 0.0207. The van der Waals surface area contributed by atoms with Crippen LogP contribution in [0.5, 0.6) is 0 Å². The molecule has 3 rings (SSSR count). The second-order valence-electron chi connectivity index (χ2n) is 6.49. The molecule has 0 radical (unpaired) electrons. The molecule has 0 saturated carbocycles. The number of hydrogen-bond donors (Lipinski definition) is 0. The number of carbonyl (C=O) groups excluding carboxylic acids is 1. The highest BCUT2D eigenvalue weighted by atomic mass is 32.2. The van der Waals surface area contributed by atoms with Crippen molar-refractivity contribution >= 4 is 27.3 Å². The van der Waals surface area contributed by atoms with Crippen LogP contribution in [0.15, 0.2) is 52.7 Å². The van der Waals surface area contributed by atoms with Crippen LogP contribution in [0.3, 0.4) is 0 Å². The van der Waals surface area contributed by atoms with Crippen molar-refractivity contribution in [2.24, 2.45) is 0 Å². The van der Waals surface area contributed by atoms with Gasteiger partial charge in [-0.25, -0.2) is 26.9 Å². The second-order valence-corrected chi connectivity index (χ2v) is 9.50. The summed E-state index contributed by atoms with van der Waals surface area (Å²) in [6.45, 7) is 1.65. The number of ether oxygens (including phenoxy) is 1. The van der Waals surface area contributed by atoms with Crippen LogP contribution in [0.1, 0.15) is 21.6 Å². The first kappa shape index (κ1) is 21.1. The van der Waals surface area contributed by atoms with Crippen molar-refractivity contribution < 1.29 is 22.3 Å². The normalized spacial score (nSPS) is 11.6. The van der Waals surface area contributed by atoms with Crippen molar-refractivity contribution in [3.8, 4) is 10.6 Å². The minimum atomic E-state index is -3.66. The van der Waals surface area contributed by atoms with Crippen LogP contribution in [-0.4, -0.2) is 37.8 Å². The van der Waals surface area contributed by atoms with Gasteiger partial charge in [-0.3, -0.25) is 0 Å². The molecule has 0 N–H and O–H groups in total. The first-order valence-corrected chi connectivity index (χ1v) is 10.9. The summed E-state index contributed by atoms with van der Waals surface area (Å²) < 4.78 is 44.0. The van der Waals surface area contributed by atoms with Crippen molar-refractivity contribution in [3.05, 3.63) is 70.5 Å². The van der Waals surface area contributed by atoms with E-state index in [0.29, 0.717) is 16.3 Å². The van der Waals surface area contributed by atoms with Gasteiger partial charge in [0, 0.05) is 25.0 Å². The average Bonchev–Trinajstić information content (AvgIpc) is 3.15. The van der Waals surface area contributed by atoms with Gasteiger partial charge in [0.15, 0.2) is 0 Å². The largest absolute Gasteiger partial charge is 0.456 e. The van der Waals surface area contributed by atoms with Crippen LogP contribution in [-0.2, 0) is 21.4 Å². The molecule has 0 bridgehead atoms. The number of benzene rings is 2. The Labute approximate surface area is 172 Å². The molecule has 3 aromatic rings. The molecule has 0 aliphatic rings. The van der Waals surface area contributed by atoms with Crippen molar-refractivity contribution in [3.63, 3.8) is 0 Å². The summed E-state index contributed by atoms with van der Waals surface area (Å²) >= 11 is 1.36. The monoisotopic (exact) mass is 434 g/mol. The molecule has 2 aromatic carbocycles. The highest BCUT2D eigenvalue weighted by Gasteiger charge is 2.21. The number of aryl methyl sites for hydroxylation is 1. The first-order valence-electron chi connectivity index (χ1n) is 8.59. The summed E-state index contributed by atoms with van der Waals surface area (Å²) in [5, 5.41) is 2.44. The maximum atomic E-state index is 13.0. The van der Waals surface area contributed by atoms with Gasteiger partial charge in [0.05, 0.1) is 16.2 Å². The van der Waals surface area contributed by atoms with E-state index in [4.69, 9.17) is 4.74 Å². The number of sulfonamides is 1. The highest BCUT2D eigenvalue weighted by molar-refractivity contribution is 7.89. The molecule has 0 spiro atoms. The van der Waals surface area contributed by atoms with E-state index in [2.05, 4.69) is 4.98 Å². The van der Waals surface area contributed by atoms with Crippen molar-refractivity contribution in [2.75, 3.05) is 14.1 Å². The molecule has 0 fully saturated rings. The Morgan fingerprint density at radius 1 is 1.17 bits per heavy atom. The number of esters is 1. The third-order valence-electron chi connectivity index (χ3n) is 4.20. The summed E-state index contributed by atoms with van der Waals surface area (Å²) in [5.74, 6) is -0.956. The zero-order valence-corrected chi connectivity index (χ0v) is 17.7. The lowest BCUT2D eigenvalue weighted by Crippen LogP contribution is -2.22. The predicted molar refractivity (Wildman–Crippen MR) is 109 cm³/mol. The van der Waals surface area contributed by atoms with Gasteiger partial charge < -0.3 is 4.74 Å². The van der Waals surface area contributed by atoms with Gasteiger partial charge in [0.25, 0.3) is 0 Å². The molecule has 1 aromatic heterocycles. The number of thiazole rings is 1. The number of nitrogens with zero attached hydrogens (tertiary/aromatic N) is 2. The third-order valence-corrected chi connectivity index (χ3v) is 6.95. The maximum Gasteiger partial charge on any atom is 0.338 e. The fourth-order valence-electron chi connectivity index (χ4n) is 2.51. The number of aromatic nitrogens is 1. The molecule has 29 heavy (non-hydrogen) atoms. The number of hydrogen-bond acceptors (Lipinski definition) is 6. The zero-order valence-electron chi connectivity index (χ0n) is 16.0. The van der Waals surface area contributed by atoms with E-state index in [1.54, 1.807) is 30.5 Å². The van der Waals surface area contributed by atoms with Gasteiger partial charge in [-0.2, -0.15) is 0 Å². The van der Waals surface area contributed by atoms with E-state index >= 15 is 0 Å². The molecule has 0 aliphatic heterocycles. The van der Waals surface area contributed by atoms with E-state index in [1.165, 1.54) is 49.7 Å². The van der Waals surface area contributed by atoms with E-state index in [-0.39, 0.29) is 22.9 Å². The molecule has 0 atom stereocenters. The minimum Gasteiger partial charge on any atom is -0.456 e. The van der Waals surface area contributed by atoms with Crippen LogP contribution >= 0.6 is 11.3 Å². The first-order chi connectivity index (χ1) is 13.7. The Balaban J connectivity index is 1.74. The zero-order chi connectivity index (χ0) is 21.2. The molecule has 9 heteroatoms. The van der Waals surface area contributed by atoms with Gasteiger partial charge >= 0.3 is 5.97 Å². The molecule has 0 unspecified atom stereocenters. The predicted octanol–water partition coefficient (Wildman–Crippen LogP) is 3.86. The molecular weight excluding hydrogens is 415 g/mol. The molecule has 6 nitrogen and oxygen atoms in total. The van der Waals surface area contributed by atoms with Crippen molar-refractivity contribution in [1.82, 2.24) is 9.29 Å². The smallest absolute Gasteiger partial charge is 0.338 e. The van der Waals surface area contributed by atoms with Crippen LogP contribution in [0, 0.1) is 12.7 Å². The van der Waals surface area contributed by atoms with Crippen molar-refractivity contribution in [2.45, 2.75) is 18.4 Å². The standard InChI is InChI=1S/C20H19FN2O4S2/c1-13-4-9-17(29(25,26)23(2)3)10-18(13)20(24)27-11-16-12-28-19(22-16)14-5-7-15(21)8-6-14/h4-10,12H,11H2,1-3H3. The number of rotatable bonds is 6. The summed E-state index contributed by atoms with van der Waals surface area (Å²) in [5.41, 5.74) is 2.11. The SMILES string of the molecule is Cc1ccc(S(=O)(=O)N(C)C)cc1C(=O)OCc1csc(-c2ccc(F)cc2)n1. The Bertz CT molecular complexity index is 1140. The second kappa shape index (κ2) is 8.40. The highest BCUT2D eigenvalue weighted by Crippen LogP contribution is 2.25. The average molecular weight is 435 g/mol. The fourth-order valence-corrected chi connectivity index (χ4v) is 4.25. The lowest BCUT2D eigenvalue weighted by molar-refractivity contribution is 0.0467. The summed E-state index contributed by atoms with van der Waals surface area (Å²) in [7, 11) is -0.810. The van der Waals surface area contributed by atoms with Crippen LogP contribution in [0.25, 0.3) is 10.6 Å². The van der Waals surface area contributed by atoms with Gasteiger partial charge in [-0.15, -0.1) is 11.3 Å². The molecular formula is C20H19FN2O4S2. The lowest BCUT2D eigenvalue weighted by atomic mass is 10.1. The Morgan fingerprint density at radius 3 is 2.52 bits per heavy atom. The summed E-state index contributed by atoms with van der Waals surface area (Å²) in [4.78, 5) is 16.9. The van der Waals surface area contributed by atoms with Gasteiger partial charge in [-0.05, 0) is 48.9 Å². The molecule has 1 heterocycles. The van der Waals surface area contributed by atoms with E-state index in [0.717, 1.165) is 9.87 Å². The van der Waals surface area contributed by atoms with E-state index in [9.17, 15) is 17.6 Å². The third kappa shape index (κ3) is 4.69. The number of halogens is 1. The van der Waals surface area contributed by atoms with Crippen LogP contribution in [0.2, 0.25) is 0 Å². The molecule has 0 aliphatic carbocycles. The van der Waals surface area contributed by atoms with E-state index < -0.39 is 16.0 Å². The van der Waals surface area contributed by atoms with Gasteiger partial charge in [0.1, 0.15) is 17.4 Å². The van der Waals surface area contributed by atoms with Crippen molar-refractivity contribution in [1.29, 1.82) is 0 Å². The maximum absolute atomic E-state index is 13.0.